The second-order valence-corrected chi connectivity index (χ2v) is 6.93. The van der Waals surface area contributed by atoms with E-state index in [1.165, 1.54) is 11.1 Å². The zero-order valence-electron chi connectivity index (χ0n) is 14.7. The summed E-state index contributed by atoms with van der Waals surface area (Å²) < 4.78 is 0. The standard InChI is InChI=1S/C21H23N3O2/c25-19-15-18(21(26)22-19)23-11-13-24(14-12-23)20(16-7-3-1-4-8-16)17-9-5-2-6-10-17/h1-10,18,20H,11-15H2,(H,22,25,26)/t18-/m0/s1. The minimum Gasteiger partial charge on any atom is -0.295 e. The molecule has 0 radical (unpaired) electrons. The Morgan fingerprint density at radius 1 is 0.808 bits per heavy atom. The van der Waals surface area contributed by atoms with Crippen molar-refractivity contribution in [3.63, 3.8) is 0 Å². The molecule has 2 amide bonds. The molecule has 26 heavy (non-hydrogen) atoms. The van der Waals surface area contributed by atoms with E-state index >= 15 is 0 Å². The van der Waals surface area contributed by atoms with E-state index < -0.39 is 0 Å². The van der Waals surface area contributed by atoms with Crippen molar-refractivity contribution in [3.8, 4) is 0 Å². The van der Waals surface area contributed by atoms with Crippen molar-refractivity contribution < 1.29 is 9.59 Å². The maximum absolute atomic E-state index is 12.0. The van der Waals surface area contributed by atoms with Crippen molar-refractivity contribution in [1.82, 2.24) is 15.1 Å². The number of amides is 2. The molecule has 5 nitrogen and oxygen atoms in total. The fourth-order valence-electron chi connectivity index (χ4n) is 4.03. The summed E-state index contributed by atoms with van der Waals surface area (Å²) in [5.41, 5.74) is 2.56. The van der Waals surface area contributed by atoms with Gasteiger partial charge in [0.1, 0.15) is 0 Å². The number of nitrogens with one attached hydrogen (secondary N) is 1. The molecule has 0 unspecified atom stereocenters. The van der Waals surface area contributed by atoms with Crippen LogP contribution in [0.1, 0.15) is 23.6 Å². The highest BCUT2D eigenvalue weighted by Crippen LogP contribution is 2.30. The normalized spacial score (nSPS) is 22.0. The van der Waals surface area contributed by atoms with Gasteiger partial charge in [0.2, 0.25) is 11.8 Å². The van der Waals surface area contributed by atoms with Gasteiger partial charge in [-0.2, -0.15) is 0 Å². The molecule has 2 aromatic rings. The highest BCUT2D eigenvalue weighted by atomic mass is 16.2. The first-order chi connectivity index (χ1) is 12.7. The molecule has 2 fully saturated rings. The summed E-state index contributed by atoms with van der Waals surface area (Å²) in [5.74, 6) is -0.306. The van der Waals surface area contributed by atoms with Gasteiger partial charge in [0, 0.05) is 26.2 Å². The summed E-state index contributed by atoms with van der Waals surface area (Å²) in [6, 6.07) is 21.0. The number of imide groups is 1. The van der Waals surface area contributed by atoms with Crippen LogP contribution in [0.25, 0.3) is 0 Å². The molecule has 0 spiro atoms. The molecule has 2 aromatic carbocycles. The van der Waals surface area contributed by atoms with Crippen LogP contribution in [0.2, 0.25) is 0 Å². The quantitative estimate of drug-likeness (QED) is 0.856. The van der Waals surface area contributed by atoms with E-state index in [0.717, 1.165) is 26.2 Å². The maximum atomic E-state index is 12.0. The molecule has 0 aliphatic carbocycles. The van der Waals surface area contributed by atoms with Crippen LogP contribution in [0.4, 0.5) is 0 Å². The lowest BCUT2D eigenvalue weighted by molar-refractivity contribution is -0.126. The van der Waals surface area contributed by atoms with Crippen LogP contribution in [-0.2, 0) is 9.59 Å². The van der Waals surface area contributed by atoms with Gasteiger partial charge in [-0.1, -0.05) is 60.7 Å². The summed E-state index contributed by atoms with van der Waals surface area (Å²) in [6.07, 6.45) is 0.291. The smallest absolute Gasteiger partial charge is 0.244 e. The number of carbonyl (C=O) groups excluding carboxylic acids is 2. The Labute approximate surface area is 153 Å². The number of piperazine rings is 1. The number of nitrogens with zero attached hydrogens (tertiary/aromatic N) is 2. The lowest BCUT2D eigenvalue weighted by Crippen LogP contribution is -2.53. The molecule has 1 atom stereocenters. The van der Waals surface area contributed by atoms with Gasteiger partial charge in [-0.3, -0.25) is 24.7 Å². The second kappa shape index (κ2) is 7.40. The van der Waals surface area contributed by atoms with Gasteiger partial charge in [-0.15, -0.1) is 0 Å². The van der Waals surface area contributed by atoms with Crippen LogP contribution in [0.3, 0.4) is 0 Å². The molecule has 2 aliphatic heterocycles. The molecule has 2 heterocycles. The third kappa shape index (κ3) is 3.41. The van der Waals surface area contributed by atoms with E-state index in [0.29, 0.717) is 6.42 Å². The molecule has 0 aromatic heterocycles. The largest absolute Gasteiger partial charge is 0.295 e. The van der Waals surface area contributed by atoms with Crippen molar-refractivity contribution in [2.45, 2.75) is 18.5 Å². The second-order valence-electron chi connectivity index (χ2n) is 6.93. The van der Waals surface area contributed by atoms with Crippen molar-refractivity contribution in [1.29, 1.82) is 0 Å². The van der Waals surface area contributed by atoms with Crippen molar-refractivity contribution in [2.24, 2.45) is 0 Å². The van der Waals surface area contributed by atoms with Crippen molar-refractivity contribution >= 4 is 11.8 Å². The zero-order chi connectivity index (χ0) is 17.9. The van der Waals surface area contributed by atoms with Gasteiger partial charge in [-0.05, 0) is 11.1 Å². The van der Waals surface area contributed by atoms with Gasteiger partial charge in [0.25, 0.3) is 0 Å². The number of hydrogen-bond donors (Lipinski definition) is 1. The molecule has 4 rings (SSSR count). The zero-order valence-corrected chi connectivity index (χ0v) is 14.7. The summed E-state index contributed by atoms with van der Waals surface area (Å²) in [7, 11) is 0. The van der Waals surface area contributed by atoms with E-state index in [1.54, 1.807) is 0 Å². The monoisotopic (exact) mass is 349 g/mol. The highest BCUT2D eigenvalue weighted by molar-refractivity contribution is 6.05. The number of carbonyl (C=O) groups is 2. The first-order valence-corrected chi connectivity index (χ1v) is 9.14. The van der Waals surface area contributed by atoms with E-state index in [-0.39, 0.29) is 23.9 Å². The van der Waals surface area contributed by atoms with Crippen LogP contribution in [0.5, 0.6) is 0 Å². The fourth-order valence-corrected chi connectivity index (χ4v) is 4.03. The Balaban J connectivity index is 1.52. The van der Waals surface area contributed by atoms with Crippen LogP contribution in [0.15, 0.2) is 60.7 Å². The van der Waals surface area contributed by atoms with E-state index in [4.69, 9.17) is 0 Å². The summed E-state index contributed by atoms with van der Waals surface area (Å²) >= 11 is 0. The third-order valence-electron chi connectivity index (χ3n) is 5.33. The Kier molecular flexibility index (Phi) is 4.82. The fraction of sp³-hybridized carbons (Fsp3) is 0.333. The van der Waals surface area contributed by atoms with Gasteiger partial charge in [-0.25, -0.2) is 0 Å². The minimum absolute atomic E-state index is 0.147. The topological polar surface area (TPSA) is 52.7 Å². The summed E-state index contributed by atoms with van der Waals surface area (Å²) in [4.78, 5) is 28.0. The Bertz CT molecular complexity index is 731. The lowest BCUT2D eigenvalue weighted by atomic mass is 9.96. The summed E-state index contributed by atoms with van der Waals surface area (Å²) in [5, 5.41) is 2.42. The Morgan fingerprint density at radius 2 is 1.35 bits per heavy atom. The Hall–Kier alpha value is -2.50. The van der Waals surface area contributed by atoms with E-state index in [1.807, 2.05) is 12.1 Å². The lowest BCUT2D eigenvalue weighted by Gasteiger charge is -2.41. The van der Waals surface area contributed by atoms with Crippen LogP contribution in [-0.4, -0.2) is 53.8 Å². The number of hydrogen-bond acceptors (Lipinski definition) is 4. The van der Waals surface area contributed by atoms with Crippen LogP contribution in [0, 0.1) is 0 Å². The van der Waals surface area contributed by atoms with E-state index in [9.17, 15) is 9.59 Å². The van der Waals surface area contributed by atoms with Gasteiger partial charge in [0.15, 0.2) is 0 Å². The molecule has 1 N–H and O–H groups in total. The SMILES string of the molecule is O=C1C[C@H](N2CCN(C(c3ccccc3)c3ccccc3)CC2)C(=O)N1. The molecule has 134 valence electrons. The van der Waals surface area contributed by atoms with Crippen LogP contribution < -0.4 is 5.32 Å². The van der Waals surface area contributed by atoms with Gasteiger partial charge >= 0.3 is 0 Å². The van der Waals surface area contributed by atoms with Crippen molar-refractivity contribution in [2.75, 3.05) is 26.2 Å². The van der Waals surface area contributed by atoms with Crippen molar-refractivity contribution in [3.05, 3.63) is 71.8 Å². The number of rotatable bonds is 4. The first kappa shape index (κ1) is 16.9. The average Bonchev–Trinajstić information content (AvgIpc) is 3.02. The number of benzene rings is 2. The summed E-state index contributed by atoms with van der Waals surface area (Å²) in [6.45, 7) is 3.32. The highest BCUT2D eigenvalue weighted by Gasteiger charge is 2.37. The molecule has 2 saturated heterocycles. The molecular weight excluding hydrogens is 326 g/mol. The first-order valence-electron chi connectivity index (χ1n) is 9.14. The molecular formula is C21H23N3O2. The maximum Gasteiger partial charge on any atom is 0.244 e. The van der Waals surface area contributed by atoms with Gasteiger partial charge < -0.3 is 0 Å². The molecule has 5 heteroatoms. The molecule has 0 saturated carbocycles. The molecule has 2 aliphatic rings. The predicted molar refractivity (Wildman–Crippen MR) is 99.4 cm³/mol. The van der Waals surface area contributed by atoms with Crippen LogP contribution >= 0.6 is 0 Å². The van der Waals surface area contributed by atoms with E-state index in [2.05, 4.69) is 63.6 Å². The predicted octanol–water partition coefficient (Wildman–Crippen LogP) is 1.81. The van der Waals surface area contributed by atoms with Gasteiger partial charge in [0.05, 0.1) is 18.5 Å². The Morgan fingerprint density at radius 3 is 1.81 bits per heavy atom. The molecule has 0 bridgehead atoms. The average molecular weight is 349 g/mol. The third-order valence-corrected chi connectivity index (χ3v) is 5.33. The minimum atomic E-state index is -0.295.